The molecular weight excluding hydrogens is 826 g/mol. The van der Waals surface area contributed by atoms with Crippen molar-refractivity contribution in [1.82, 2.24) is 0 Å². The van der Waals surface area contributed by atoms with Gasteiger partial charge in [-0.3, -0.25) is 23.2 Å². The average molecular weight is 909 g/mol. The lowest BCUT2D eigenvalue weighted by Gasteiger charge is -2.20. The van der Waals surface area contributed by atoms with Crippen LogP contribution in [0.4, 0.5) is 0 Å². The number of hydrogen-bond acceptors (Lipinski definition) is 11. The van der Waals surface area contributed by atoms with Gasteiger partial charge in [-0.15, -0.1) is 0 Å². The standard InChI is InChI=1S/C45H82O14P2/c1-4-31-41(46)33-28-24-20-16-12-8-6-9-13-17-21-25-29-34-44(48)55-38-43(39-58-61(53,54)57-37-42(47)36-56-60(50,51)52)59-45(49)35-30-26-22-18-14-10-5-7-11-15-19-23-27-32-40(2)3/h6,9,12,16-17,21,24,28,40-43,46-47H,4-5,7-8,10-11,13-15,18-20,22-23,25-27,29-39H2,1-3H3,(H,53,54)(H2,50,51,52)/b9-6-,16-12-,21-17-,28-24-/t41?,42-,43+/m0/s1. The molecule has 0 aliphatic heterocycles. The van der Waals surface area contributed by atoms with Crippen molar-refractivity contribution in [2.24, 2.45) is 5.92 Å². The third-order valence-electron chi connectivity index (χ3n) is 9.44. The molecule has 0 saturated carbocycles. The van der Waals surface area contributed by atoms with Crippen LogP contribution in [0.2, 0.25) is 0 Å². The summed E-state index contributed by atoms with van der Waals surface area (Å²) in [5.41, 5.74) is 0. The van der Waals surface area contributed by atoms with Gasteiger partial charge in [0.15, 0.2) is 6.10 Å². The Hall–Kier alpha value is -1.96. The van der Waals surface area contributed by atoms with E-state index in [1.807, 2.05) is 18.2 Å². The number of carbonyl (C=O) groups excluding carboxylic acids is 2. The minimum atomic E-state index is -4.87. The molecule has 61 heavy (non-hydrogen) atoms. The van der Waals surface area contributed by atoms with E-state index >= 15 is 0 Å². The van der Waals surface area contributed by atoms with Crippen molar-refractivity contribution in [1.29, 1.82) is 0 Å². The van der Waals surface area contributed by atoms with Gasteiger partial charge in [0.2, 0.25) is 0 Å². The van der Waals surface area contributed by atoms with Gasteiger partial charge in [-0.2, -0.15) is 0 Å². The number of aliphatic hydroxyl groups excluding tert-OH is 2. The summed E-state index contributed by atoms with van der Waals surface area (Å²) >= 11 is 0. The topological polar surface area (TPSA) is 216 Å². The van der Waals surface area contributed by atoms with Crippen LogP contribution < -0.4 is 0 Å². The van der Waals surface area contributed by atoms with Crippen LogP contribution in [0.3, 0.4) is 0 Å². The summed E-state index contributed by atoms with van der Waals surface area (Å²) in [5, 5.41) is 19.5. The molecule has 0 bridgehead atoms. The second kappa shape index (κ2) is 39.6. The number of ether oxygens (including phenoxy) is 2. The number of carbonyl (C=O) groups is 2. The first-order chi connectivity index (χ1) is 29.1. The van der Waals surface area contributed by atoms with Gasteiger partial charge in [-0.1, -0.05) is 159 Å². The summed E-state index contributed by atoms with van der Waals surface area (Å²) in [4.78, 5) is 52.7. The molecule has 0 aliphatic rings. The number of phosphoric ester groups is 2. The van der Waals surface area contributed by atoms with Crippen molar-refractivity contribution in [3.63, 3.8) is 0 Å². The zero-order valence-corrected chi connectivity index (χ0v) is 39.3. The van der Waals surface area contributed by atoms with Crippen LogP contribution in [0.5, 0.6) is 0 Å². The zero-order valence-electron chi connectivity index (χ0n) is 37.5. The minimum Gasteiger partial charge on any atom is -0.462 e. The number of aliphatic hydroxyl groups is 2. The first kappa shape index (κ1) is 59.0. The maximum absolute atomic E-state index is 12.7. The number of hydrogen-bond donors (Lipinski definition) is 5. The lowest BCUT2D eigenvalue weighted by Crippen LogP contribution is -2.30. The van der Waals surface area contributed by atoms with Crippen molar-refractivity contribution in [3.05, 3.63) is 48.6 Å². The molecule has 0 amide bonds. The molecule has 14 nitrogen and oxygen atoms in total. The SMILES string of the molecule is CCCC(O)C/C=C\C/C=C\C/C=C\C/C=C\CCCC(=O)OC[C@H](COP(=O)(O)OC[C@@H](O)COP(=O)(O)O)OC(=O)CCCCCCCCCCCCCCCC(C)C. The van der Waals surface area contributed by atoms with Crippen LogP contribution in [-0.2, 0) is 41.8 Å². The molecule has 0 aromatic heterocycles. The summed E-state index contributed by atoms with van der Waals surface area (Å²) in [6.45, 7) is 3.82. The molecule has 5 N–H and O–H groups in total. The predicted octanol–water partition coefficient (Wildman–Crippen LogP) is 10.7. The molecule has 0 aromatic rings. The molecule has 4 atom stereocenters. The van der Waals surface area contributed by atoms with E-state index in [1.165, 1.54) is 64.2 Å². The van der Waals surface area contributed by atoms with Crippen molar-refractivity contribution < 1.29 is 66.7 Å². The van der Waals surface area contributed by atoms with Crippen LogP contribution in [0, 0.1) is 5.92 Å². The van der Waals surface area contributed by atoms with Crippen molar-refractivity contribution in [2.75, 3.05) is 26.4 Å². The molecule has 356 valence electrons. The summed E-state index contributed by atoms with van der Waals surface area (Å²) in [6, 6.07) is 0. The van der Waals surface area contributed by atoms with Crippen molar-refractivity contribution in [3.8, 4) is 0 Å². The summed E-state index contributed by atoms with van der Waals surface area (Å²) in [5.74, 6) is -0.320. The quantitative estimate of drug-likeness (QED) is 0.0167. The number of rotatable bonds is 42. The normalized spacial score (nSPS) is 15.0. The van der Waals surface area contributed by atoms with Crippen LogP contribution in [-0.4, -0.2) is 81.6 Å². The van der Waals surface area contributed by atoms with Gasteiger partial charge in [0.1, 0.15) is 12.7 Å². The van der Waals surface area contributed by atoms with Crippen LogP contribution >= 0.6 is 15.6 Å². The van der Waals surface area contributed by atoms with E-state index < -0.39 is 66.2 Å². The summed E-state index contributed by atoms with van der Waals surface area (Å²) in [7, 11) is -9.70. The Bertz CT molecular complexity index is 1300. The molecule has 2 unspecified atom stereocenters. The highest BCUT2D eigenvalue weighted by atomic mass is 31.2. The van der Waals surface area contributed by atoms with Crippen molar-refractivity contribution in [2.45, 2.75) is 193 Å². The third-order valence-corrected chi connectivity index (χ3v) is 10.9. The molecule has 0 aromatic carbocycles. The molecular formula is C45H82O14P2. The van der Waals surface area contributed by atoms with Gasteiger partial charge < -0.3 is 34.4 Å². The fraction of sp³-hybridized carbons (Fsp3) is 0.778. The van der Waals surface area contributed by atoms with Gasteiger partial charge in [0.05, 0.1) is 25.9 Å². The van der Waals surface area contributed by atoms with Crippen LogP contribution in [0.15, 0.2) is 48.6 Å². The number of esters is 2. The van der Waals surface area contributed by atoms with Crippen molar-refractivity contribution >= 4 is 27.6 Å². The Morgan fingerprint density at radius 1 is 0.541 bits per heavy atom. The Morgan fingerprint density at radius 2 is 1.02 bits per heavy atom. The third kappa shape index (κ3) is 44.4. The Morgan fingerprint density at radius 3 is 1.56 bits per heavy atom. The number of phosphoric acid groups is 2. The minimum absolute atomic E-state index is 0.104. The predicted molar refractivity (Wildman–Crippen MR) is 240 cm³/mol. The lowest BCUT2D eigenvalue weighted by atomic mass is 10.0. The Labute approximate surface area is 367 Å². The van der Waals surface area contributed by atoms with E-state index in [9.17, 15) is 33.8 Å². The zero-order chi connectivity index (χ0) is 45.5. The molecule has 0 fully saturated rings. The second-order valence-electron chi connectivity index (χ2n) is 16.0. The van der Waals surface area contributed by atoms with E-state index in [0.717, 1.165) is 57.3 Å². The highest BCUT2D eigenvalue weighted by Crippen LogP contribution is 2.43. The Balaban J connectivity index is 4.59. The fourth-order valence-corrected chi connectivity index (χ4v) is 7.17. The van der Waals surface area contributed by atoms with E-state index in [-0.39, 0.29) is 18.9 Å². The van der Waals surface area contributed by atoms with E-state index in [2.05, 4.69) is 60.2 Å². The molecule has 0 aliphatic carbocycles. The number of unbranched alkanes of at least 4 members (excludes halogenated alkanes) is 13. The lowest BCUT2D eigenvalue weighted by molar-refractivity contribution is -0.161. The molecule has 0 saturated heterocycles. The molecule has 0 rings (SSSR count). The maximum atomic E-state index is 12.7. The number of allylic oxidation sites excluding steroid dienone is 7. The molecule has 0 heterocycles. The molecule has 0 spiro atoms. The monoisotopic (exact) mass is 909 g/mol. The smallest absolute Gasteiger partial charge is 0.462 e. The summed E-state index contributed by atoms with van der Waals surface area (Å²) < 4.78 is 47.7. The van der Waals surface area contributed by atoms with E-state index in [0.29, 0.717) is 25.7 Å². The van der Waals surface area contributed by atoms with E-state index in [4.69, 9.17) is 23.8 Å². The highest BCUT2D eigenvalue weighted by molar-refractivity contribution is 7.47. The second-order valence-corrected chi connectivity index (χ2v) is 18.7. The summed E-state index contributed by atoms with van der Waals surface area (Å²) in [6.07, 6.45) is 36.0. The fourth-order valence-electron chi connectivity index (χ4n) is 6.01. The van der Waals surface area contributed by atoms with Gasteiger partial charge >= 0.3 is 27.6 Å². The average Bonchev–Trinajstić information content (AvgIpc) is 3.20. The highest BCUT2D eigenvalue weighted by Gasteiger charge is 2.28. The van der Waals surface area contributed by atoms with Crippen LogP contribution in [0.1, 0.15) is 175 Å². The molecule has 0 radical (unpaired) electrons. The largest absolute Gasteiger partial charge is 0.472 e. The first-order valence-electron chi connectivity index (χ1n) is 22.8. The van der Waals surface area contributed by atoms with E-state index in [1.54, 1.807) is 0 Å². The van der Waals surface area contributed by atoms with Crippen LogP contribution in [0.25, 0.3) is 0 Å². The maximum Gasteiger partial charge on any atom is 0.472 e. The van der Waals surface area contributed by atoms with Gasteiger partial charge in [0, 0.05) is 12.8 Å². The Kier molecular flexibility index (Phi) is 38.3. The first-order valence-corrected chi connectivity index (χ1v) is 25.8. The van der Waals surface area contributed by atoms with Gasteiger partial charge in [-0.05, 0) is 57.3 Å². The van der Waals surface area contributed by atoms with Gasteiger partial charge in [-0.25, -0.2) is 9.13 Å². The van der Waals surface area contributed by atoms with Gasteiger partial charge in [0.25, 0.3) is 0 Å². The molecule has 16 heteroatoms.